The van der Waals surface area contributed by atoms with Crippen molar-refractivity contribution in [3.63, 3.8) is 0 Å². The van der Waals surface area contributed by atoms with Crippen LogP contribution in [-0.4, -0.2) is 29.9 Å². The summed E-state index contributed by atoms with van der Waals surface area (Å²) in [7, 11) is 0. The number of piperidine rings is 1. The van der Waals surface area contributed by atoms with Crippen LogP contribution in [0.15, 0.2) is 18.2 Å². The molecule has 7 heteroatoms. The number of carbonyl (C=O) groups excluding carboxylic acids is 1. The summed E-state index contributed by atoms with van der Waals surface area (Å²) in [6.07, 6.45) is 1.51. The number of nitrogens with two attached hydrogens (primary N) is 1. The van der Waals surface area contributed by atoms with Gasteiger partial charge in [-0.2, -0.15) is 0 Å². The van der Waals surface area contributed by atoms with Crippen molar-refractivity contribution in [2.45, 2.75) is 12.8 Å². The number of halogens is 2. The van der Waals surface area contributed by atoms with Crippen LogP contribution in [0.25, 0.3) is 0 Å². The fourth-order valence-corrected chi connectivity index (χ4v) is 2.20. The molecule has 20 heavy (non-hydrogen) atoms. The van der Waals surface area contributed by atoms with Crippen LogP contribution in [-0.2, 0) is 0 Å². The first-order valence-electron chi connectivity index (χ1n) is 6.32. The highest BCUT2D eigenvalue weighted by molar-refractivity contribution is 5.90. The molecule has 1 aromatic rings. The summed E-state index contributed by atoms with van der Waals surface area (Å²) in [5.74, 6) is -1.63. The maximum Gasteiger partial charge on any atom is 0.321 e. The Morgan fingerprint density at radius 1 is 1.45 bits per heavy atom. The summed E-state index contributed by atoms with van der Waals surface area (Å²) in [6.45, 7) is 0.863. The van der Waals surface area contributed by atoms with E-state index in [0.29, 0.717) is 19.2 Å². The molecule has 4 N–H and O–H groups in total. The highest BCUT2D eigenvalue weighted by Crippen LogP contribution is 2.19. The van der Waals surface area contributed by atoms with Gasteiger partial charge in [-0.05, 0) is 25.0 Å². The normalized spacial score (nSPS) is 18.7. The second-order valence-corrected chi connectivity index (χ2v) is 4.79. The lowest BCUT2D eigenvalue weighted by molar-refractivity contribution is 0.191. The number of carbonyl (C=O) groups is 1. The Labute approximate surface area is 115 Å². The van der Waals surface area contributed by atoms with E-state index < -0.39 is 17.7 Å². The summed E-state index contributed by atoms with van der Waals surface area (Å²) in [6, 6.07) is 2.49. The van der Waals surface area contributed by atoms with Gasteiger partial charge in [-0.3, -0.25) is 5.41 Å². The molecule has 1 unspecified atom stereocenters. The first-order valence-corrected chi connectivity index (χ1v) is 6.32. The van der Waals surface area contributed by atoms with E-state index in [-0.39, 0.29) is 17.4 Å². The number of amidine groups is 1. The molecule has 5 nitrogen and oxygen atoms in total. The zero-order valence-corrected chi connectivity index (χ0v) is 10.8. The molecule has 108 valence electrons. The van der Waals surface area contributed by atoms with Gasteiger partial charge in [0.15, 0.2) is 0 Å². The Balaban J connectivity index is 2.02. The molecule has 1 aliphatic heterocycles. The van der Waals surface area contributed by atoms with E-state index in [0.717, 1.165) is 18.9 Å². The van der Waals surface area contributed by atoms with Gasteiger partial charge < -0.3 is 16.0 Å². The van der Waals surface area contributed by atoms with Gasteiger partial charge in [0.25, 0.3) is 0 Å². The second kappa shape index (κ2) is 5.85. The Kier molecular flexibility index (Phi) is 4.16. The zero-order chi connectivity index (χ0) is 14.7. The monoisotopic (exact) mass is 282 g/mol. The van der Waals surface area contributed by atoms with Crippen molar-refractivity contribution in [2.24, 2.45) is 11.7 Å². The molecule has 1 atom stereocenters. The SMILES string of the molecule is N=C(N)C1CCCN(C(=O)Nc2ccc(F)cc2F)C1. The number of benzene rings is 1. The molecule has 0 spiro atoms. The Bertz CT molecular complexity index is 535. The molecule has 0 aromatic heterocycles. The minimum Gasteiger partial charge on any atom is -0.387 e. The molecule has 1 saturated heterocycles. The maximum absolute atomic E-state index is 13.5. The third kappa shape index (κ3) is 3.23. The number of likely N-dealkylation sites (tertiary alicyclic amines) is 1. The third-order valence-corrected chi connectivity index (χ3v) is 3.32. The van der Waals surface area contributed by atoms with Crippen LogP contribution in [0.5, 0.6) is 0 Å². The fourth-order valence-electron chi connectivity index (χ4n) is 2.20. The molecule has 0 radical (unpaired) electrons. The van der Waals surface area contributed by atoms with Gasteiger partial charge in [-0.15, -0.1) is 0 Å². The molecule has 2 amide bonds. The molecule has 2 rings (SSSR count). The van der Waals surface area contributed by atoms with E-state index >= 15 is 0 Å². The fraction of sp³-hybridized carbons (Fsp3) is 0.385. The van der Waals surface area contributed by atoms with Gasteiger partial charge in [0.05, 0.1) is 11.5 Å². The average Bonchev–Trinajstić information content (AvgIpc) is 2.42. The van der Waals surface area contributed by atoms with Gasteiger partial charge >= 0.3 is 6.03 Å². The molecular formula is C13H16F2N4O. The largest absolute Gasteiger partial charge is 0.387 e. The number of urea groups is 1. The Morgan fingerprint density at radius 3 is 2.85 bits per heavy atom. The average molecular weight is 282 g/mol. The van der Waals surface area contributed by atoms with Crippen LogP contribution >= 0.6 is 0 Å². The van der Waals surface area contributed by atoms with Crippen LogP contribution in [0.1, 0.15) is 12.8 Å². The van der Waals surface area contributed by atoms with Crippen molar-refractivity contribution < 1.29 is 13.6 Å². The van der Waals surface area contributed by atoms with Gasteiger partial charge in [0.1, 0.15) is 11.6 Å². The lowest BCUT2D eigenvalue weighted by Gasteiger charge is -2.32. The molecule has 0 saturated carbocycles. The highest BCUT2D eigenvalue weighted by Gasteiger charge is 2.25. The van der Waals surface area contributed by atoms with Crippen LogP contribution in [0.4, 0.5) is 19.3 Å². The van der Waals surface area contributed by atoms with Crippen molar-refractivity contribution in [1.82, 2.24) is 4.90 Å². The van der Waals surface area contributed by atoms with Crippen LogP contribution < -0.4 is 11.1 Å². The number of hydrogen-bond acceptors (Lipinski definition) is 2. The Morgan fingerprint density at radius 2 is 2.20 bits per heavy atom. The van der Waals surface area contributed by atoms with E-state index in [1.807, 2.05) is 0 Å². The quantitative estimate of drug-likeness (QED) is 0.573. The summed E-state index contributed by atoms with van der Waals surface area (Å²) < 4.78 is 26.2. The van der Waals surface area contributed by atoms with E-state index in [9.17, 15) is 13.6 Å². The first kappa shape index (κ1) is 14.2. The van der Waals surface area contributed by atoms with E-state index in [4.69, 9.17) is 11.1 Å². The summed E-state index contributed by atoms with van der Waals surface area (Å²) in [4.78, 5) is 13.5. The van der Waals surface area contributed by atoms with Crippen molar-refractivity contribution in [1.29, 1.82) is 5.41 Å². The smallest absolute Gasteiger partial charge is 0.321 e. The van der Waals surface area contributed by atoms with Crippen LogP contribution in [0.2, 0.25) is 0 Å². The lowest BCUT2D eigenvalue weighted by Crippen LogP contribution is -2.45. The van der Waals surface area contributed by atoms with Crippen LogP contribution in [0.3, 0.4) is 0 Å². The minimum atomic E-state index is -0.821. The van der Waals surface area contributed by atoms with Crippen molar-refractivity contribution in [2.75, 3.05) is 18.4 Å². The highest BCUT2D eigenvalue weighted by atomic mass is 19.1. The van der Waals surface area contributed by atoms with Gasteiger partial charge in [0.2, 0.25) is 0 Å². The van der Waals surface area contributed by atoms with Crippen molar-refractivity contribution >= 4 is 17.6 Å². The zero-order valence-electron chi connectivity index (χ0n) is 10.8. The summed E-state index contributed by atoms with van der Waals surface area (Å²) >= 11 is 0. The standard InChI is InChI=1S/C13H16F2N4O/c14-9-3-4-11(10(15)6-9)18-13(20)19-5-1-2-8(7-19)12(16)17/h3-4,6,8H,1-2,5,7H2,(H3,16,17)(H,18,20). The number of amides is 2. The molecule has 1 fully saturated rings. The topological polar surface area (TPSA) is 82.2 Å². The van der Waals surface area contributed by atoms with E-state index in [1.54, 1.807) is 0 Å². The van der Waals surface area contributed by atoms with Gasteiger partial charge in [-0.1, -0.05) is 0 Å². The molecule has 0 aliphatic carbocycles. The maximum atomic E-state index is 13.5. The first-order chi connectivity index (χ1) is 9.47. The molecule has 1 aliphatic rings. The van der Waals surface area contributed by atoms with E-state index in [2.05, 4.69) is 5.32 Å². The number of hydrogen-bond donors (Lipinski definition) is 3. The minimum absolute atomic E-state index is 0.0514. The molecular weight excluding hydrogens is 266 g/mol. The number of rotatable bonds is 2. The predicted molar refractivity (Wildman–Crippen MR) is 71.6 cm³/mol. The van der Waals surface area contributed by atoms with Crippen molar-refractivity contribution in [3.05, 3.63) is 29.8 Å². The van der Waals surface area contributed by atoms with Crippen molar-refractivity contribution in [3.8, 4) is 0 Å². The molecule has 0 bridgehead atoms. The number of nitrogens with zero attached hydrogens (tertiary/aromatic N) is 1. The van der Waals surface area contributed by atoms with Gasteiger partial charge in [0, 0.05) is 25.1 Å². The Hall–Kier alpha value is -2.18. The molecule has 1 aromatic carbocycles. The predicted octanol–water partition coefficient (Wildman–Crippen LogP) is 2.14. The van der Waals surface area contributed by atoms with Gasteiger partial charge in [-0.25, -0.2) is 13.6 Å². The summed E-state index contributed by atoms with van der Waals surface area (Å²) in [5, 5.41) is 9.82. The summed E-state index contributed by atoms with van der Waals surface area (Å²) in [5.41, 5.74) is 5.38. The van der Waals surface area contributed by atoms with Crippen LogP contribution in [0, 0.1) is 23.0 Å². The number of nitrogens with one attached hydrogen (secondary N) is 2. The second-order valence-electron chi connectivity index (χ2n) is 4.79. The molecule has 1 heterocycles. The number of anilines is 1. The third-order valence-electron chi connectivity index (χ3n) is 3.32. The van der Waals surface area contributed by atoms with E-state index in [1.165, 1.54) is 11.0 Å². The lowest BCUT2D eigenvalue weighted by atomic mass is 9.97.